The standard InChI is InChI=1S/C11H15NS/c1-5-8-9-10(6-2)11(12-4)13-7-3/h5-9H,2-3H2,1,4H3/b8-5-,10-9+,12-11?. The summed E-state index contributed by atoms with van der Waals surface area (Å²) in [5.41, 5.74) is 1.02. The van der Waals surface area contributed by atoms with Gasteiger partial charge in [-0.1, -0.05) is 49.2 Å². The molecule has 0 N–H and O–H groups in total. The maximum Gasteiger partial charge on any atom is 0.101 e. The van der Waals surface area contributed by atoms with E-state index >= 15 is 0 Å². The van der Waals surface area contributed by atoms with Crippen molar-refractivity contribution in [1.29, 1.82) is 0 Å². The number of nitrogens with zero attached hydrogens (tertiary/aromatic N) is 1. The summed E-state index contributed by atoms with van der Waals surface area (Å²) in [6.07, 6.45) is 7.70. The minimum Gasteiger partial charge on any atom is -0.281 e. The number of aliphatic imine (C=N–C) groups is 1. The van der Waals surface area contributed by atoms with Gasteiger partial charge in [0.1, 0.15) is 5.04 Å². The smallest absolute Gasteiger partial charge is 0.101 e. The zero-order chi connectivity index (χ0) is 10.1. The van der Waals surface area contributed by atoms with E-state index in [-0.39, 0.29) is 0 Å². The second-order valence-corrected chi connectivity index (χ2v) is 3.12. The maximum absolute atomic E-state index is 4.14. The van der Waals surface area contributed by atoms with E-state index in [0.717, 1.165) is 10.6 Å². The van der Waals surface area contributed by atoms with Crippen LogP contribution in [-0.4, -0.2) is 12.1 Å². The van der Waals surface area contributed by atoms with Gasteiger partial charge in [-0.05, 0) is 12.3 Å². The molecule has 0 aliphatic rings. The van der Waals surface area contributed by atoms with Gasteiger partial charge in [-0.25, -0.2) is 0 Å². The topological polar surface area (TPSA) is 12.4 Å². The van der Waals surface area contributed by atoms with Crippen molar-refractivity contribution in [3.05, 3.63) is 48.4 Å². The lowest BCUT2D eigenvalue weighted by Crippen LogP contribution is -1.92. The predicted octanol–water partition coefficient (Wildman–Crippen LogP) is 3.58. The number of rotatable bonds is 4. The molecule has 0 spiro atoms. The molecule has 1 nitrogen and oxygen atoms in total. The van der Waals surface area contributed by atoms with E-state index in [1.807, 2.05) is 25.2 Å². The first-order valence-corrected chi connectivity index (χ1v) is 4.88. The van der Waals surface area contributed by atoms with Crippen LogP contribution in [-0.2, 0) is 0 Å². The summed E-state index contributed by atoms with van der Waals surface area (Å²) in [4.78, 5) is 4.14. The Kier molecular flexibility index (Phi) is 7.02. The third kappa shape index (κ3) is 4.53. The fraction of sp³-hybridized carbons (Fsp3) is 0.182. The van der Waals surface area contributed by atoms with Crippen molar-refractivity contribution in [2.24, 2.45) is 4.99 Å². The van der Waals surface area contributed by atoms with Crippen molar-refractivity contribution in [2.45, 2.75) is 6.92 Å². The van der Waals surface area contributed by atoms with E-state index in [4.69, 9.17) is 0 Å². The highest BCUT2D eigenvalue weighted by atomic mass is 32.2. The number of hydrogen-bond donors (Lipinski definition) is 0. The molecule has 70 valence electrons. The van der Waals surface area contributed by atoms with E-state index in [2.05, 4.69) is 18.2 Å². The third-order valence-electron chi connectivity index (χ3n) is 1.33. The van der Waals surface area contributed by atoms with Crippen LogP contribution in [0.25, 0.3) is 0 Å². The van der Waals surface area contributed by atoms with Crippen molar-refractivity contribution in [1.82, 2.24) is 0 Å². The van der Waals surface area contributed by atoms with Crippen LogP contribution in [0.4, 0.5) is 0 Å². The molecule has 0 aromatic heterocycles. The molecular formula is C11H15NS. The molecule has 13 heavy (non-hydrogen) atoms. The minimum atomic E-state index is 0.933. The highest BCUT2D eigenvalue weighted by molar-refractivity contribution is 8.16. The van der Waals surface area contributed by atoms with Crippen LogP contribution in [0.2, 0.25) is 0 Å². The Morgan fingerprint density at radius 3 is 2.46 bits per heavy atom. The maximum atomic E-state index is 4.14. The minimum absolute atomic E-state index is 0.933. The molecule has 0 radical (unpaired) electrons. The summed E-state index contributed by atoms with van der Waals surface area (Å²) in [6.45, 7) is 9.36. The summed E-state index contributed by atoms with van der Waals surface area (Å²) in [6, 6.07) is 0. The monoisotopic (exact) mass is 193 g/mol. The van der Waals surface area contributed by atoms with Crippen LogP contribution in [0, 0.1) is 0 Å². The molecule has 0 saturated carbocycles. The van der Waals surface area contributed by atoms with Gasteiger partial charge in [-0.3, -0.25) is 4.99 Å². The molecule has 0 aliphatic heterocycles. The van der Waals surface area contributed by atoms with E-state index in [1.54, 1.807) is 18.5 Å². The number of thioether (sulfide) groups is 1. The Morgan fingerprint density at radius 1 is 1.38 bits per heavy atom. The summed E-state index contributed by atoms with van der Waals surface area (Å²) in [5, 5.41) is 2.69. The first-order chi connectivity index (χ1) is 6.29. The predicted molar refractivity (Wildman–Crippen MR) is 64.2 cm³/mol. The molecular weight excluding hydrogens is 178 g/mol. The Hall–Kier alpha value is -1.02. The normalized spacial score (nSPS) is 13.4. The largest absolute Gasteiger partial charge is 0.281 e. The van der Waals surface area contributed by atoms with E-state index in [0.29, 0.717) is 0 Å². The van der Waals surface area contributed by atoms with Crippen LogP contribution >= 0.6 is 11.8 Å². The molecule has 0 unspecified atom stereocenters. The lowest BCUT2D eigenvalue weighted by Gasteiger charge is -2.01. The Morgan fingerprint density at radius 2 is 2.08 bits per heavy atom. The quantitative estimate of drug-likeness (QED) is 0.377. The molecule has 0 atom stereocenters. The van der Waals surface area contributed by atoms with Crippen molar-refractivity contribution < 1.29 is 0 Å². The molecule has 0 heterocycles. The molecule has 0 amide bonds. The molecule has 0 fully saturated rings. The van der Waals surface area contributed by atoms with E-state index in [1.165, 1.54) is 11.8 Å². The van der Waals surface area contributed by atoms with Crippen LogP contribution in [0.1, 0.15) is 6.92 Å². The summed E-state index contributed by atoms with van der Waals surface area (Å²) in [7, 11) is 1.76. The second kappa shape index (κ2) is 7.62. The van der Waals surface area contributed by atoms with Gasteiger partial charge in [-0.2, -0.15) is 0 Å². The lowest BCUT2D eigenvalue weighted by atomic mass is 10.2. The van der Waals surface area contributed by atoms with E-state index < -0.39 is 0 Å². The molecule has 0 aromatic rings. The van der Waals surface area contributed by atoms with Gasteiger partial charge in [0.2, 0.25) is 0 Å². The molecule has 0 saturated heterocycles. The summed E-state index contributed by atoms with van der Waals surface area (Å²) < 4.78 is 0. The van der Waals surface area contributed by atoms with Crippen LogP contribution in [0.15, 0.2) is 53.4 Å². The van der Waals surface area contributed by atoms with Crippen LogP contribution in [0.5, 0.6) is 0 Å². The average Bonchev–Trinajstić information content (AvgIpc) is 2.17. The van der Waals surface area contributed by atoms with Crippen LogP contribution < -0.4 is 0 Å². The van der Waals surface area contributed by atoms with Gasteiger partial charge < -0.3 is 0 Å². The number of hydrogen-bond acceptors (Lipinski definition) is 2. The first kappa shape index (κ1) is 12.0. The van der Waals surface area contributed by atoms with Gasteiger partial charge in [0.15, 0.2) is 0 Å². The SMILES string of the molecule is C=CSC(=NC)/C(C=C)=C/C=C\C. The highest BCUT2D eigenvalue weighted by Crippen LogP contribution is 2.14. The zero-order valence-electron chi connectivity index (χ0n) is 8.16. The number of allylic oxidation sites excluding steroid dienone is 4. The van der Waals surface area contributed by atoms with Crippen LogP contribution in [0.3, 0.4) is 0 Å². The average molecular weight is 193 g/mol. The Labute approximate surface area is 84.6 Å². The second-order valence-electron chi connectivity index (χ2n) is 2.17. The molecule has 2 heteroatoms. The first-order valence-electron chi connectivity index (χ1n) is 4.00. The Balaban J connectivity index is 4.72. The zero-order valence-corrected chi connectivity index (χ0v) is 8.97. The Bertz CT molecular complexity index is 259. The molecule has 0 aliphatic carbocycles. The highest BCUT2D eigenvalue weighted by Gasteiger charge is 1.99. The third-order valence-corrected chi connectivity index (χ3v) is 2.14. The molecule has 0 aromatic carbocycles. The van der Waals surface area contributed by atoms with Gasteiger partial charge in [0, 0.05) is 12.6 Å². The van der Waals surface area contributed by atoms with Crippen molar-refractivity contribution in [3.8, 4) is 0 Å². The summed E-state index contributed by atoms with van der Waals surface area (Å²) in [5.74, 6) is 0. The van der Waals surface area contributed by atoms with Crippen molar-refractivity contribution >= 4 is 16.8 Å². The lowest BCUT2D eigenvalue weighted by molar-refractivity contribution is 1.46. The molecule has 0 rings (SSSR count). The van der Waals surface area contributed by atoms with Gasteiger partial charge in [-0.15, -0.1) is 0 Å². The van der Waals surface area contributed by atoms with Gasteiger partial charge in [0.05, 0.1) is 0 Å². The van der Waals surface area contributed by atoms with Gasteiger partial charge >= 0.3 is 0 Å². The fourth-order valence-electron chi connectivity index (χ4n) is 0.755. The fourth-order valence-corrected chi connectivity index (χ4v) is 1.31. The van der Waals surface area contributed by atoms with Crippen molar-refractivity contribution in [3.63, 3.8) is 0 Å². The summed E-state index contributed by atoms with van der Waals surface area (Å²) >= 11 is 1.50. The van der Waals surface area contributed by atoms with Gasteiger partial charge in [0.25, 0.3) is 0 Å². The molecule has 0 bridgehead atoms. The van der Waals surface area contributed by atoms with Crippen molar-refractivity contribution in [2.75, 3.05) is 7.05 Å². The van der Waals surface area contributed by atoms with E-state index in [9.17, 15) is 0 Å².